The fourth-order valence-electron chi connectivity index (χ4n) is 3.12. The first kappa shape index (κ1) is 14.8. The summed E-state index contributed by atoms with van der Waals surface area (Å²) < 4.78 is 5.40. The van der Waals surface area contributed by atoms with Crippen LogP contribution in [0.15, 0.2) is 0 Å². The number of amides is 1. The van der Waals surface area contributed by atoms with E-state index in [9.17, 15) is 4.79 Å². The maximum atomic E-state index is 12.5. The van der Waals surface area contributed by atoms with Crippen LogP contribution in [0.3, 0.4) is 0 Å². The Kier molecular flexibility index (Phi) is 5.64. The molecule has 4 heteroatoms. The van der Waals surface area contributed by atoms with Crippen LogP contribution in [0.5, 0.6) is 0 Å². The predicted molar refractivity (Wildman–Crippen MR) is 75.8 cm³/mol. The molecule has 4 nitrogen and oxygen atoms in total. The van der Waals surface area contributed by atoms with Gasteiger partial charge in [0.05, 0.1) is 12.2 Å². The van der Waals surface area contributed by atoms with Crippen molar-refractivity contribution in [1.82, 2.24) is 10.2 Å². The van der Waals surface area contributed by atoms with Gasteiger partial charge in [-0.25, -0.2) is 0 Å². The van der Waals surface area contributed by atoms with Crippen LogP contribution in [-0.2, 0) is 9.53 Å². The maximum Gasteiger partial charge on any atom is 0.241 e. The quantitative estimate of drug-likeness (QED) is 0.802. The van der Waals surface area contributed by atoms with Crippen LogP contribution in [0.2, 0.25) is 0 Å². The molecular formula is C15H28N2O2. The molecule has 0 aromatic rings. The minimum atomic E-state index is 0.0599. The van der Waals surface area contributed by atoms with E-state index in [1.165, 1.54) is 0 Å². The second-order valence-corrected chi connectivity index (χ2v) is 5.83. The molecule has 2 aliphatic heterocycles. The van der Waals surface area contributed by atoms with E-state index in [2.05, 4.69) is 24.1 Å². The molecule has 0 aromatic heterocycles. The summed E-state index contributed by atoms with van der Waals surface area (Å²) in [5.74, 6) is 0.949. The molecular weight excluding hydrogens is 240 g/mol. The van der Waals surface area contributed by atoms with Crippen molar-refractivity contribution < 1.29 is 9.53 Å². The Morgan fingerprint density at radius 1 is 1.32 bits per heavy atom. The van der Waals surface area contributed by atoms with Crippen molar-refractivity contribution in [2.75, 3.05) is 19.8 Å². The van der Waals surface area contributed by atoms with Crippen molar-refractivity contribution in [3.63, 3.8) is 0 Å². The number of unbranched alkanes of at least 4 members (excludes halogenated alkanes) is 1. The first-order valence-corrected chi connectivity index (χ1v) is 7.90. The smallest absolute Gasteiger partial charge is 0.241 e. The molecule has 2 rings (SSSR count). The summed E-state index contributed by atoms with van der Waals surface area (Å²) in [6.45, 7) is 6.96. The van der Waals surface area contributed by atoms with E-state index in [0.29, 0.717) is 11.8 Å². The SMILES string of the molecule is CCCCC1NC(CC)N(CC2CCOCC2)C1=O. The summed E-state index contributed by atoms with van der Waals surface area (Å²) in [4.78, 5) is 14.6. The highest BCUT2D eigenvalue weighted by molar-refractivity contribution is 5.84. The lowest BCUT2D eigenvalue weighted by molar-refractivity contribution is -0.131. The lowest BCUT2D eigenvalue weighted by Gasteiger charge is -2.30. The van der Waals surface area contributed by atoms with Crippen molar-refractivity contribution in [3.8, 4) is 0 Å². The zero-order valence-electron chi connectivity index (χ0n) is 12.4. The van der Waals surface area contributed by atoms with E-state index >= 15 is 0 Å². The Balaban J connectivity index is 1.91. The first-order chi connectivity index (χ1) is 9.26. The number of hydrogen-bond acceptors (Lipinski definition) is 3. The normalized spacial score (nSPS) is 29.2. The molecule has 2 atom stereocenters. The molecule has 0 bridgehead atoms. The fraction of sp³-hybridized carbons (Fsp3) is 0.933. The van der Waals surface area contributed by atoms with Crippen molar-refractivity contribution in [2.24, 2.45) is 5.92 Å². The van der Waals surface area contributed by atoms with E-state index in [1.807, 2.05) is 0 Å². The average Bonchev–Trinajstić information content (AvgIpc) is 2.74. The van der Waals surface area contributed by atoms with Crippen LogP contribution >= 0.6 is 0 Å². The number of ether oxygens (including phenoxy) is 1. The number of nitrogens with one attached hydrogen (secondary N) is 1. The summed E-state index contributed by atoms with van der Waals surface area (Å²) in [5, 5.41) is 3.51. The molecule has 1 amide bonds. The average molecular weight is 268 g/mol. The van der Waals surface area contributed by atoms with Gasteiger partial charge in [-0.05, 0) is 31.6 Å². The molecule has 2 fully saturated rings. The zero-order valence-corrected chi connectivity index (χ0v) is 12.4. The molecule has 1 N–H and O–H groups in total. The van der Waals surface area contributed by atoms with Gasteiger partial charge >= 0.3 is 0 Å². The van der Waals surface area contributed by atoms with Crippen LogP contribution in [0.1, 0.15) is 52.4 Å². The number of carbonyl (C=O) groups excluding carboxylic acids is 1. The van der Waals surface area contributed by atoms with Crippen molar-refractivity contribution in [2.45, 2.75) is 64.6 Å². The molecule has 0 aromatic carbocycles. The Morgan fingerprint density at radius 2 is 2.05 bits per heavy atom. The van der Waals surface area contributed by atoms with Crippen LogP contribution in [0, 0.1) is 5.92 Å². The van der Waals surface area contributed by atoms with Gasteiger partial charge in [-0.1, -0.05) is 26.7 Å². The number of nitrogens with zero attached hydrogens (tertiary/aromatic N) is 1. The predicted octanol–water partition coefficient (Wildman–Crippen LogP) is 2.14. The van der Waals surface area contributed by atoms with Crippen molar-refractivity contribution in [1.29, 1.82) is 0 Å². The van der Waals surface area contributed by atoms with Gasteiger partial charge in [0.25, 0.3) is 0 Å². The van der Waals surface area contributed by atoms with E-state index < -0.39 is 0 Å². The molecule has 0 radical (unpaired) electrons. The van der Waals surface area contributed by atoms with Crippen molar-refractivity contribution >= 4 is 5.91 Å². The van der Waals surface area contributed by atoms with Gasteiger partial charge in [0.2, 0.25) is 5.91 Å². The molecule has 2 unspecified atom stereocenters. The van der Waals surface area contributed by atoms with Crippen LogP contribution in [-0.4, -0.2) is 42.8 Å². The van der Waals surface area contributed by atoms with Crippen LogP contribution < -0.4 is 5.32 Å². The topological polar surface area (TPSA) is 41.6 Å². The summed E-state index contributed by atoms with van der Waals surface area (Å²) in [5.41, 5.74) is 0. The van der Waals surface area contributed by atoms with Gasteiger partial charge in [0, 0.05) is 19.8 Å². The highest BCUT2D eigenvalue weighted by Crippen LogP contribution is 2.23. The summed E-state index contributed by atoms with van der Waals surface area (Å²) in [6, 6.07) is 0.0599. The minimum absolute atomic E-state index is 0.0599. The lowest BCUT2D eigenvalue weighted by Crippen LogP contribution is -2.41. The van der Waals surface area contributed by atoms with Crippen LogP contribution in [0.25, 0.3) is 0 Å². The summed E-state index contributed by atoms with van der Waals surface area (Å²) >= 11 is 0. The molecule has 0 spiro atoms. The van der Waals surface area contributed by atoms with Gasteiger partial charge in [-0.15, -0.1) is 0 Å². The van der Waals surface area contributed by atoms with E-state index in [1.54, 1.807) is 0 Å². The Morgan fingerprint density at radius 3 is 2.68 bits per heavy atom. The third-order valence-corrected chi connectivity index (χ3v) is 4.38. The first-order valence-electron chi connectivity index (χ1n) is 7.90. The van der Waals surface area contributed by atoms with Gasteiger partial charge in [0.1, 0.15) is 0 Å². The molecule has 2 saturated heterocycles. The van der Waals surface area contributed by atoms with Gasteiger partial charge in [-0.2, -0.15) is 0 Å². The molecule has 110 valence electrons. The zero-order chi connectivity index (χ0) is 13.7. The summed E-state index contributed by atoms with van der Waals surface area (Å²) in [7, 11) is 0. The van der Waals surface area contributed by atoms with E-state index in [0.717, 1.165) is 58.3 Å². The molecule has 0 saturated carbocycles. The highest BCUT2D eigenvalue weighted by atomic mass is 16.5. The highest BCUT2D eigenvalue weighted by Gasteiger charge is 2.38. The lowest BCUT2D eigenvalue weighted by atomic mass is 9.99. The minimum Gasteiger partial charge on any atom is -0.381 e. The third kappa shape index (κ3) is 3.69. The maximum absolute atomic E-state index is 12.5. The number of hydrogen-bond donors (Lipinski definition) is 1. The standard InChI is InChI=1S/C15H28N2O2/c1-3-5-6-13-15(18)17(14(4-2)16-13)11-12-7-9-19-10-8-12/h12-14,16H,3-11H2,1-2H3. The van der Waals surface area contributed by atoms with Crippen molar-refractivity contribution in [3.05, 3.63) is 0 Å². The summed E-state index contributed by atoms with van der Waals surface area (Å²) in [6.07, 6.45) is 6.71. The second kappa shape index (κ2) is 7.25. The number of carbonyl (C=O) groups is 1. The molecule has 2 heterocycles. The Bertz CT molecular complexity index is 290. The van der Waals surface area contributed by atoms with E-state index in [4.69, 9.17) is 4.74 Å². The molecule has 0 aliphatic carbocycles. The fourth-order valence-corrected chi connectivity index (χ4v) is 3.12. The Hall–Kier alpha value is -0.610. The van der Waals surface area contributed by atoms with E-state index in [-0.39, 0.29) is 12.2 Å². The van der Waals surface area contributed by atoms with Gasteiger partial charge in [-0.3, -0.25) is 10.1 Å². The monoisotopic (exact) mass is 268 g/mol. The largest absolute Gasteiger partial charge is 0.381 e. The Labute approximate surface area is 116 Å². The van der Waals surface area contributed by atoms with Gasteiger partial charge < -0.3 is 9.64 Å². The molecule has 2 aliphatic rings. The molecule has 19 heavy (non-hydrogen) atoms. The van der Waals surface area contributed by atoms with Crippen LogP contribution in [0.4, 0.5) is 0 Å². The van der Waals surface area contributed by atoms with Gasteiger partial charge in [0.15, 0.2) is 0 Å². The second-order valence-electron chi connectivity index (χ2n) is 5.83. The number of rotatable bonds is 6. The third-order valence-electron chi connectivity index (χ3n) is 4.38.